The molecule has 0 fully saturated rings. The molecule has 128 valence electrons. The van der Waals surface area contributed by atoms with Crippen molar-refractivity contribution in [3.8, 4) is 5.75 Å². The smallest absolute Gasteiger partial charge is 0.223 e. The minimum Gasteiger partial charge on any atom is -0.508 e. The average Bonchev–Trinajstić information content (AvgIpc) is 2.60. The van der Waals surface area contributed by atoms with Gasteiger partial charge in [-0.3, -0.25) is 4.79 Å². The van der Waals surface area contributed by atoms with Crippen LogP contribution in [-0.2, 0) is 4.79 Å². The fraction of sp³-hybridized carbons (Fsp3) is 0.227. The van der Waals surface area contributed by atoms with E-state index in [0.717, 1.165) is 27.5 Å². The van der Waals surface area contributed by atoms with Crippen LogP contribution in [0, 0.1) is 12.8 Å². The van der Waals surface area contributed by atoms with Crippen LogP contribution in [0.2, 0.25) is 0 Å². The van der Waals surface area contributed by atoms with Crippen molar-refractivity contribution in [1.82, 2.24) is 5.32 Å². The fourth-order valence-corrected chi connectivity index (χ4v) is 2.98. The standard InChI is InChI=1S/C22H23NO2/c1-14(2)22(25)23-21(17-10-8-15(3)9-11-17)20-18-7-5-4-6-16(18)12-13-19(20)24/h4-14,21,24H,1-3H3,(H,23,25)/t21-/m0/s1. The second kappa shape index (κ2) is 6.98. The van der Waals surface area contributed by atoms with Gasteiger partial charge in [-0.05, 0) is 29.3 Å². The van der Waals surface area contributed by atoms with E-state index >= 15 is 0 Å². The van der Waals surface area contributed by atoms with Gasteiger partial charge in [0.05, 0.1) is 6.04 Å². The molecule has 3 aromatic rings. The van der Waals surface area contributed by atoms with Crippen LogP contribution in [0.1, 0.15) is 36.6 Å². The molecule has 0 spiro atoms. The van der Waals surface area contributed by atoms with E-state index in [1.165, 1.54) is 0 Å². The van der Waals surface area contributed by atoms with Gasteiger partial charge in [-0.25, -0.2) is 0 Å². The Balaban J connectivity index is 2.19. The highest BCUT2D eigenvalue weighted by atomic mass is 16.3. The second-order valence-corrected chi connectivity index (χ2v) is 6.73. The minimum atomic E-state index is -0.401. The van der Waals surface area contributed by atoms with Gasteiger partial charge in [0.2, 0.25) is 5.91 Å². The molecule has 0 aliphatic rings. The molecule has 3 heteroatoms. The van der Waals surface area contributed by atoms with E-state index in [1.807, 2.05) is 75.4 Å². The van der Waals surface area contributed by atoms with Crippen LogP contribution in [0.25, 0.3) is 10.8 Å². The summed E-state index contributed by atoms with van der Waals surface area (Å²) in [5.41, 5.74) is 2.84. The van der Waals surface area contributed by atoms with Crippen molar-refractivity contribution in [2.24, 2.45) is 5.92 Å². The summed E-state index contributed by atoms with van der Waals surface area (Å²) in [6, 6.07) is 19.1. The van der Waals surface area contributed by atoms with Crippen LogP contribution in [0.4, 0.5) is 0 Å². The lowest BCUT2D eigenvalue weighted by atomic mass is 9.92. The third-order valence-corrected chi connectivity index (χ3v) is 4.46. The van der Waals surface area contributed by atoms with Crippen LogP contribution in [-0.4, -0.2) is 11.0 Å². The molecular formula is C22H23NO2. The van der Waals surface area contributed by atoms with Gasteiger partial charge in [-0.15, -0.1) is 0 Å². The molecule has 0 heterocycles. The summed E-state index contributed by atoms with van der Waals surface area (Å²) in [6.45, 7) is 5.76. The number of nitrogens with one attached hydrogen (secondary N) is 1. The van der Waals surface area contributed by atoms with Gasteiger partial charge >= 0.3 is 0 Å². The summed E-state index contributed by atoms with van der Waals surface area (Å²) in [7, 11) is 0. The number of phenols is 1. The van der Waals surface area contributed by atoms with Crippen LogP contribution >= 0.6 is 0 Å². The van der Waals surface area contributed by atoms with Gasteiger partial charge in [0.25, 0.3) is 0 Å². The minimum absolute atomic E-state index is 0.0436. The number of benzene rings is 3. The van der Waals surface area contributed by atoms with Gasteiger partial charge in [0.1, 0.15) is 5.75 Å². The number of aryl methyl sites for hydroxylation is 1. The van der Waals surface area contributed by atoms with Gasteiger partial charge in [0.15, 0.2) is 0 Å². The van der Waals surface area contributed by atoms with E-state index in [9.17, 15) is 9.90 Å². The number of aromatic hydroxyl groups is 1. The van der Waals surface area contributed by atoms with Crippen LogP contribution < -0.4 is 5.32 Å². The molecular weight excluding hydrogens is 310 g/mol. The van der Waals surface area contributed by atoms with Crippen molar-refractivity contribution in [2.75, 3.05) is 0 Å². The summed E-state index contributed by atoms with van der Waals surface area (Å²) in [5.74, 6) is 0.0105. The average molecular weight is 333 g/mol. The normalized spacial score (nSPS) is 12.3. The molecule has 1 amide bonds. The zero-order valence-corrected chi connectivity index (χ0v) is 14.8. The molecule has 0 unspecified atom stereocenters. The first-order chi connectivity index (χ1) is 12.0. The molecule has 0 radical (unpaired) electrons. The maximum atomic E-state index is 12.4. The largest absolute Gasteiger partial charge is 0.508 e. The molecule has 3 aromatic carbocycles. The number of carbonyl (C=O) groups excluding carboxylic acids is 1. The molecule has 0 aliphatic carbocycles. The fourth-order valence-electron chi connectivity index (χ4n) is 2.98. The van der Waals surface area contributed by atoms with Crippen molar-refractivity contribution in [3.05, 3.63) is 77.4 Å². The van der Waals surface area contributed by atoms with E-state index in [1.54, 1.807) is 6.07 Å². The third kappa shape index (κ3) is 3.50. The lowest BCUT2D eigenvalue weighted by Gasteiger charge is -2.23. The summed E-state index contributed by atoms with van der Waals surface area (Å²) in [6.07, 6.45) is 0. The first-order valence-electron chi connectivity index (χ1n) is 8.55. The van der Waals surface area contributed by atoms with Crippen molar-refractivity contribution >= 4 is 16.7 Å². The van der Waals surface area contributed by atoms with Gasteiger partial charge in [-0.2, -0.15) is 0 Å². The summed E-state index contributed by atoms with van der Waals surface area (Å²) in [5, 5.41) is 15.7. The van der Waals surface area contributed by atoms with Crippen LogP contribution in [0.5, 0.6) is 5.75 Å². The van der Waals surface area contributed by atoms with E-state index < -0.39 is 6.04 Å². The van der Waals surface area contributed by atoms with Crippen molar-refractivity contribution in [1.29, 1.82) is 0 Å². The number of amides is 1. The molecule has 0 bridgehead atoms. The topological polar surface area (TPSA) is 49.3 Å². The maximum Gasteiger partial charge on any atom is 0.223 e. The third-order valence-electron chi connectivity index (χ3n) is 4.46. The van der Waals surface area contributed by atoms with Gasteiger partial charge < -0.3 is 10.4 Å². The summed E-state index contributed by atoms with van der Waals surface area (Å²) < 4.78 is 0. The number of carbonyl (C=O) groups is 1. The highest BCUT2D eigenvalue weighted by molar-refractivity contribution is 5.89. The number of fused-ring (bicyclic) bond motifs is 1. The maximum absolute atomic E-state index is 12.4. The lowest BCUT2D eigenvalue weighted by molar-refractivity contribution is -0.124. The Morgan fingerprint density at radius 1 is 0.960 bits per heavy atom. The Morgan fingerprint density at radius 3 is 2.32 bits per heavy atom. The van der Waals surface area contributed by atoms with Crippen molar-refractivity contribution < 1.29 is 9.90 Å². The van der Waals surface area contributed by atoms with Crippen LogP contribution in [0.3, 0.4) is 0 Å². The molecule has 0 aromatic heterocycles. The summed E-state index contributed by atoms with van der Waals surface area (Å²) >= 11 is 0. The number of phenolic OH excluding ortho intramolecular Hbond substituents is 1. The predicted molar refractivity (Wildman–Crippen MR) is 102 cm³/mol. The van der Waals surface area contributed by atoms with Crippen LogP contribution in [0.15, 0.2) is 60.7 Å². The lowest BCUT2D eigenvalue weighted by Crippen LogP contribution is -2.32. The molecule has 2 N–H and O–H groups in total. The Labute approximate surface area is 148 Å². The number of hydrogen-bond donors (Lipinski definition) is 2. The van der Waals surface area contributed by atoms with E-state index in [4.69, 9.17) is 0 Å². The molecule has 1 atom stereocenters. The molecule has 0 saturated heterocycles. The zero-order chi connectivity index (χ0) is 18.0. The molecule has 0 aliphatic heterocycles. The molecule has 3 nitrogen and oxygen atoms in total. The highest BCUT2D eigenvalue weighted by Crippen LogP contribution is 2.36. The highest BCUT2D eigenvalue weighted by Gasteiger charge is 2.23. The van der Waals surface area contributed by atoms with E-state index in [0.29, 0.717) is 0 Å². The van der Waals surface area contributed by atoms with Crippen molar-refractivity contribution in [3.63, 3.8) is 0 Å². The first-order valence-corrected chi connectivity index (χ1v) is 8.55. The van der Waals surface area contributed by atoms with E-state index in [-0.39, 0.29) is 17.6 Å². The monoisotopic (exact) mass is 333 g/mol. The van der Waals surface area contributed by atoms with Gasteiger partial charge in [0, 0.05) is 11.5 Å². The number of hydrogen-bond acceptors (Lipinski definition) is 2. The quantitative estimate of drug-likeness (QED) is 0.726. The Morgan fingerprint density at radius 2 is 1.64 bits per heavy atom. The molecule has 0 saturated carbocycles. The van der Waals surface area contributed by atoms with Crippen molar-refractivity contribution in [2.45, 2.75) is 26.8 Å². The zero-order valence-electron chi connectivity index (χ0n) is 14.8. The predicted octanol–water partition coefficient (Wildman–Crippen LogP) is 4.72. The Bertz CT molecular complexity index is 898. The SMILES string of the molecule is Cc1ccc([C@H](NC(=O)C(C)C)c2c(O)ccc3ccccc23)cc1. The van der Waals surface area contributed by atoms with Gasteiger partial charge in [-0.1, -0.05) is 74.0 Å². The summed E-state index contributed by atoms with van der Waals surface area (Å²) in [4.78, 5) is 12.4. The Hall–Kier alpha value is -2.81. The Kier molecular flexibility index (Phi) is 4.75. The molecule has 3 rings (SSSR count). The molecule has 25 heavy (non-hydrogen) atoms. The second-order valence-electron chi connectivity index (χ2n) is 6.73. The first kappa shape index (κ1) is 17.0. The number of rotatable bonds is 4. The van der Waals surface area contributed by atoms with E-state index in [2.05, 4.69) is 5.32 Å².